The van der Waals surface area contributed by atoms with E-state index in [0.717, 1.165) is 51.4 Å². The second-order valence-electron chi connectivity index (χ2n) is 27.0. The normalized spacial score (nSPS) is 12.7. The maximum Gasteiger partial charge on any atom is 0.305 e. The number of nitrogens with one attached hydrogen (secondary N) is 1. The Bertz CT molecular complexity index is 1450. The Morgan fingerprint density at radius 2 is 0.575 bits per heavy atom. The van der Waals surface area contributed by atoms with E-state index in [1.54, 1.807) is 6.08 Å². The van der Waals surface area contributed by atoms with Gasteiger partial charge in [-0.05, 0) is 89.9 Å². The molecule has 0 fully saturated rings. The second kappa shape index (κ2) is 76.3. The number of carbonyl (C=O) groups excluding carboxylic acids is 2. The number of ether oxygens (including phenoxy) is 1. The van der Waals surface area contributed by atoms with E-state index in [1.807, 2.05) is 6.08 Å². The van der Waals surface area contributed by atoms with Gasteiger partial charge in [0, 0.05) is 12.8 Å². The van der Waals surface area contributed by atoms with Gasteiger partial charge >= 0.3 is 5.97 Å². The summed E-state index contributed by atoms with van der Waals surface area (Å²) >= 11 is 0. The molecule has 0 aromatic rings. The minimum absolute atomic E-state index is 0.00379. The highest BCUT2D eigenvalue weighted by atomic mass is 16.5. The van der Waals surface area contributed by atoms with Crippen LogP contribution in [0.4, 0.5) is 0 Å². The predicted octanol–water partition coefficient (Wildman–Crippen LogP) is 26.0. The molecular formula is C81H153NO5. The first kappa shape index (κ1) is 84.8. The summed E-state index contributed by atoms with van der Waals surface area (Å²) < 4.78 is 5.49. The lowest BCUT2D eigenvalue weighted by Crippen LogP contribution is -2.45. The molecule has 6 nitrogen and oxygen atoms in total. The van der Waals surface area contributed by atoms with Crippen molar-refractivity contribution in [2.24, 2.45) is 0 Å². The van der Waals surface area contributed by atoms with Crippen molar-refractivity contribution in [2.75, 3.05) is 13.2 Å². The standard InChI is InChI=1S/C81H153NO5/c1-3-5-7-9-11-13-15-17-19-21-22-23-24-33-36-39-42-45-49-53-57-61-65-69-73-79(84)78(77-83)82-80(85)74-70-66-62-58-54-50-46-43-40-37-34-31-29-27-25-26-28-30-32-35-38-41-44-48-52-56-60-64-68-72-76-87-81(86)75-71-67-63-59-55-51-47-20-18-16-14-12-10-8-6-4-2/h14,16,20,26,28,47,69,73,78-79,83-84H,3-13,15,17-19,21-25,27,29-46,48-68,70-72,74-77H2,1-2H3,(H,82,85)/b16-14-,28-26-,47-20-,73-69+. The quantitative estimate of drug-likeness (QED) is 0.0320. The van der Waals surface area contributed by atoms with Crippen molar-refractivity contribution in [2.45, 2.75) is 443 Å². The maximum absolute atomic E-state index is 12.6. The monoisotopic (exact) mass is 1220 g/mol. The lowest BCUT2D eigenvalue weighted by Gasteiger charge is -2.20. The molecule has 1 amide bonds. The molecule has 0 aliphatic carbocycles. The summed E-state index contributed by atoms with van der Waals surface area (Å²) in [4.78, 5) is 24.6. The van der Waals surface area contributed by atoms with Crippen LogP contribution in [0.1, 0.15) is 431 Å². The summed E-state index contributed by atoms with van der Waals surface area (Å²) in [5.74, 6) is -0.0583. The first-order valence-corrected chi connectivity index (χ1v) is 39.4. The van der Waals surface area contributed by atoms with Crippen LogP contribution in [0.25, 0.3) is 0 Å². The zero-order chi connectivity index (χ0) is 62.8. The van der Waals surface area contributed by atoms with E-state index < -0.39 is 12.1 Å². The molecule has 0 bridgehead atoms. The zero-order valence-corrected chi connectivity index (χ0v) is 58.8. The largest absolute Gasteiger partial charge is 0.466 e. The van der Waals surface area contributed by atoms with Gasteiger partial charge in [-0.2, -0.15) is 0 Å². The van der Waals surface area contributed by atoms with Crippen molar-refractivity contribution >= 4 is 11.9 Å². The van der Waals surface area contributed by atoms with Gasteiger partial charge in [0.1, 0.15) is 0 Å². The number of hydrogen-bond donors (Lipinski definition) is 3. The van der Waals surface area contributed by atoms with Gasteiger partial charge in [-0.25, -0.2) is 0 Å². The number of aliphatic hydroxyl groups excluding tert-OH is 2. The van der Waals surface area contributed by atoms with Crippen LogP contribution in [-0.4, -0.2) is 47.4 Å². The molecule has 0 heterocycles. The van der Waals surface area contributed by atoms with Gasteiger partial charge in [-0.15, -0.1) is 0 Å². The van der Waals surface area contributed by atoms with E-state index in [4.69, 9.17) is 4.74 Å². The molecule has 0 aromatic heterocycles. The average Bonchev–Trinajstić information content (AvgIpc) is 3.53. The zero-order valence-electron chi connectivity index (χ0n) is 58.8. The molecule has 0 spiro atoms. The van der Waals surface area contributed by atoms with Gasteiger partial charge in [0.15, 0.2) is 0 Å². The SMILES string of the molecule is CCCCCC/C=C\C/C=C\CCCCCCCC(=O)OCCCCCCCCCCCCCC/C=C\CCCCCCCCCCCCCCCCC(=O)NC(CO)C(O)/C=C/CCCCCCCCCCCCCCCCCCCCCCCC. The molecule has 0 rings (SSSR count). The van der Waals surface area contributed by atoms with Crippen LogP contribution >= 0.6 is 0 Å². The second-order valence-corrected chi connectivity index (χ2v) is 27.0. The summed E-state index contributed by atoms with van der Waals surface area (Å²) in [6.45, 7) is 4.92. The fourth-order valence-electron chi connectivity index (χ4n) is 12.3. The van der Waals surface area contributed by atoms with E-state index in [1.165, 1.54) is 353 Å². The molecule has 0 saturated heterocycles. The van der Waals surface area contributed by atoms with Gasteiger partial charge in [-0.1, -0.05) is 377 Å². The van der Waals surface area contributed by atoms with E-state index in [0.29, 0.717) is 19.4 Å². The van der Waals surface area contributed by atoms with Crippen molar-refractivity contribution in [3.8, 4) is 0 Å². The minimum atomic E-state index is -0.846. The molecule has 0 saturated carbocycles. The topological polar surface area (TPSA) is 95.9 Å². The smallest absolute Gasteiger partial charge is 0.305 e. The van der Waals surface area contributed by atoms with Crippen LogP contribution < -0.4 is 5.32 Å². The number of hydrogen-bond acceptors (Lipinski definition) is 5. The van der Waals surface area contributed by atoms with E-state index in [-0.39, 0.29) is 18.5 Å². The van der Waals surface area contributed by atoms with Gasteiger partial charge in [0.2, 0.25) is 5.91 Å². The Labute approximate surface area is 544 Å². The third-order valence-corrected chi connectivity index (χ3v) is 18.3. The number of allylic oxidation sites excluding steroid dienone is 7. The summed E-state index contributed by atoms with van der Waals surface area (Å²) in [7, 11) is 0. The van der Waals surface area contributed by atoms with Crippen LogP contribution in [0.15, 0.2) is 48.6 Å². The van der Waals surface area contributed by atoms with E-state index in [2.05, 4.69) is 55.6 Å². The first-order valence-electron chi connectivity index (χ1n) is 39.4. The van der Waals surface area contributed by atoms with Crippen molar-refractivity contribution in [3.63, 3.8) is 0 Å². The number of rotatable bonds is 74. The average molecular weight is 1220 g/mol. The number of amides is 1. The van der Waals surface area contributed by atoms with Crippen LogP contribution in [0.5, 0.6) is 0 Å². The fourth-order valence-corrected chi connectivity index (χ4v) is 12.3. The highest BCUT2D eigenvalue weighted by molar-refractivity contribution is 5.76. The lowest BCUT2D eigenvalue weighted by molar-refractivity contribution is -0.143. The van der Waals surface area contributed by atoms with Crippen molar-refractivity contribution in [1.29, 1.82) is 0 Å². The molecule has 3 N–H and O–H groups in total. The summed E-state index contributed by atoms with van der Waals surface area (Å²) in [5, 5.41) is 23.3. The Morgan fingerprint density at radius 1 is 0.322 bits per heavy atom. The van der Waals surface area contributed by atoms with Gasteiger partial charge in [-0.3, -0.25) is 9.59 Å². The summed E-state index contributed by atoms with van der Waals surface area (Å²) in [5.41, 5.74) is 0. The molecule has 6 heteroatoms. The Kier molecular flexibility index (Phi) is 74.4. The van der Waals surface area contributed by atoms with Crippen molar-refractivity contribution < 1.29 is 24.5 Å². The molecule has 512 valence electrons. The highest BCUT2D eigenvalue weighted by Crippen LogP contribution is 2.19. The van der Waals surface area contributed by atoms with Crippen LogP contribution in [0.2, 0.25) is 0 Å². The summed E-state index contributed by atoms with van der Waals surface area (Å²) in [6.07, 6.45) is 101. The third-order valence-electron chi connectivity index (χ3n) is 18.3. The molecule has 2 unspecified atom stereocenters. The molecule has 0 radical (unpaired) electrons. The fraction of sp³-hybridized carbons (Fsp3) is 0.877. The molecular weight excluding hydrogens is 1070 g/mol. The van der Waals surface area contributed by atoms with E-state index in [9.17, 15) is 19.8 Å². The van der Waals surface area contributed by atoms with Gasteiger partial charge in [0.05, 0.1) is 25.4 Å². The summed E-state index contributed by atoms with van der Waals surface area (Å²) in [6, 6.07) is -0.629. The molecule has 0 aliphatic heterocycles. The Balaban J connectivity index is 3.40. The molecule has 87 heavy (non-hydrogen) atoms. The van der Waals surface area contributed by atoms with Crippen molar-refractivity contribution in [3.05, 3.63) is 48.6 Å². The van der Waals surface area contributed by atoms with Gasteiger partial charge < -0.3 is 20.3 Å². The predicted molar refractivity (Wildman–Crippen MR) is 384 cm³/mol. The van der Waals surface area contributed by atoms with Crippen LogP contribution in [0, 0.1) is 0 Å². The Hall–Kier alpha value is -2.18. The van der Waals surface area contributed by atoms with Gasteiger partial charge in [0.25, 0.3) is 0 Å². The lowest BCUT2D eigenvalue weighted by atomic mass is 10.0. The minimum Gasteiger partial charge on any atom is -0.466 e. The maximum atomic E-state index is 12.6. The number of aliphatic hydroxyl groups is 2. The molecule has 0 aromatic carbocycles. The number of unbranched alkanes of at least 4 members (excludes halogenated alkanes) is 57. The Morgan fingerprint density at radius 3 is 0.897 bits per heavy atom. The van der Waals surface area contributed by atoms with Crippen LogP contribution in [-0.2, 0) is 14.3 Å². The molecule has 0 aliphatic rings. The number of esters is 1. The third kappa shape index (κ3) is 72.8. The van der Waals surface area contributed by atoms with Crippen LogP contribution in [0.3, 0.4) is 0 Å². The van der Waals surface area contributed by atoms with Crippen molar-refractivity contribution in [1.82, 2.24) is 5.32 Å². The highest BCUT2D eigenvalue weighted by Gasteiger charge is 2.18. The number of carbonyl (C=O) groups is 2. The van der Waals surface area contributed by atoms with E-state index >= 15 is 0 Å². The first-order chi connectivity index (χ1) is 43.0. The molecule has 2 atom stereocenters.